The van der Waals surface area contributed by atoms with Gasteiger partial charge in [0.05, 0.1) is 0 Å². The van der Waals surface area contributed by atoms with Crippen LogP contribution in [-0.4, -0.2) is 26.4 Å². The van der Waals surface area contributed by atoms with Gasteiger partial charge in [0.25, 0.3) is 0 Å². The van der Waals surface area contributed by atoms with E-state index >= 15 is 0 Å². The molecule has 112 valence electrons. The Kier molecular flexibility index (Phi) is 3.19. The second-order valence-electron chi connectivity index (χ2n) is 6.21. The molecule has 1 aromatic carbocycles. The molecule has 1 N–H and O–H groups in total. The number of nitrogens with zero attached hydrogens (tertiary/aromatic N) is 3. The van der Waals surface area contributed by atoms with Crippen molar-refractivity contribution in [3.63, 3.8) is 0 Å². The number of H-pyrrole nitrogens is 1. The lowest BCUT2D eigenvalue weighted by Gasteiger charge is -2.27. The number of aromatic amines is 1. The molecule has 0 atom stereocenters. The summed E-state index contributed by atoms with van der Waals surface area (Å²) in [5, 5.41) is 1.34. The molecule has 0 unspecified atom stereocenters. The fourth-order valence-corrected chi connectivity index (χ4v) is 3.27. The third-order valence-electron chi connectivity index (χ3n) is 4.45. The number of aryl methyl sites for hydroxylation is 2. The van der Waals surface area contributed by atoms with Crippen molar-refractivity contribution in [3.05, 3.63) is 58.8 Å². The number of rotatable bonds is 2. The Hall–Kier alpha value is -2.20. The molecule has 4 heteroatoms. The number of benzene rings is 1. The van der Waals surface area contributed by atoms with Gasteiger partial charge in [-0.25, -0.2) is 9.97 Å². The molecule has 22 heavy (non-hydrogen) atoms. The third kappa shape index (κ3) is 2.40. The number of fused-ring (bicyclic) bond motifs is 2. The smallest absolute Gasteiger partial charge is 0.125 e. The quantitative estimate of drug-likeness (QED) is 0.789. The molecule has 0 fully saturated rings. The highest BCUT2D eigenvalue weighted by molar-refractivity contribution is 5.83. The first-order valence-electron chi connectivity index (χ1n) is 7.79. The molecule has 0 bridgehead atoms. The Morgan fingerprint density at radius 3 is 3.09 bits per heavy atom. The van der Waals surface area contributed by atoms with Crippen LogP contribution in [-0.2, 0) is 19.5 Å². The minimum atomic E-state index is 0.874. The van der Waals surface area contributed by atoms with E-state index < -0.39 is 0 Å². The summed E-state index contributed by atoms with van der Waals surface area (Å²) >= 11 is 0. The Balaban J connectivity index is 1.59. The van der Waals surface area contributed by atoms with Crippen LogP contribution in [0, 0.1) is 13.8 Å². The van der Waals surface area contributed by atoms with Crippen LogP contribution in [0.3, 0.4) is 0 Å². The normalized spacial score (nSPS) is 15.2. The molecule has 1 aliphatic rings. The molecule has 2 aromatic heterocycles. The lowest BCUT2D eigenvalue weighted by atomic mass is 10.1. The van der Waals surface area contributed by atoms with Gasteiger partial charge in [-0.3, -0.25) is 4.90 Å². The van der Waals surface area contributed by atoms with E-state index in [2.05, 4.69) is 51.2 Å². The predicted octanol–water partition coefficient (Wildman–Crippen LogP) is 3.13. The zero-order valence-electron chi connectivity index (χ0n) is 13.1. The molecule has 0 radical (unpaired) electrons. The summed E-state index contributed by atoms with van der Waals surface area (Å²) in [6, 6.07) is 6.58. The SMILES string of the molecule is Cc1ccc2[nH]cc(CN3CCc4nc(C)ncc4C3)c2c1. The average molecular weight is 292 g/mol. The lowest BCUT2D eigenvalue weighted by molar-refractivity contribution is 0.243. The van der Waals surface area contributed by atoms with E-state index in [0.29, 0.717) is 0 Å². The highest BCUT2D eigenvalue weighted by Crippen LogP contribution is 2.24. The van der Waals surface area contributed by atoms with Gasteiger partial charge in [0.2, 0.25) is 0 Å². The third-order valence-corrected chi connectivity index (χ3v) is 4.45. The molecular formula is C18H20N4. The van der Waals surface area contributed by atoms with Gasteiger partial charge in [-0.2, -0.15) is 0 Å². The van der Waals surface area contributed by atoms with Crippen LogP contribution in [0.2, 0.25) is 0 Å². The summed E-state index contributed by atoms with van der Waals surface area (Å²) in [5.41, 5.74) is 6.39. The van der Waals surface area contributed by atoms with Crippen molar-refractivity contribution in [2.75, 3.05) is 6.54 Å². The highest BCUT2D eigenvalue weighted by Gasteiger charge is 2.19. The molecule has 4 nitrogen and oxygen atoms in total. The molecule has 0 saturated carbocycles. The maximum Gasteiger partial charge on any atom is 0.125 e. The van der Waals surface area contributed by atoms with Gasteiger partial charge in [0.15, 0.2) is 0 Å². The maximum absolute atomic E-state index is 4.56. The van der Waals surface area contributed by atoms with Crippen LogP contribution in [0.25, 0.3) is 10.9 Å². The number of aromatic nitrogens is 3. The first kappa shape index (κ1) is 13.5. The van der Waals surface area contributed by atoms with E-state index in [1.165, 1.54) is 33.3 Å². The van der Waals surface area contributed by atoms with Crippen LogP contribution in [0.4, 0.5) is 0 Å². The van der Waals surface area contributed by atoms with Gasteiger partial charge in [-0.15, -0.1) is 0 Å². The minimum absolute atomic E-state index is 0.874. The van der Waals surface area contributed by atoms with Gasteiger partial charge in [-0.1, -0.05) is 11.6 Å². The number of hydrogen-bond acceptors (Lipinski definition) is 3. The van der Waals surface area contributed by atoms with Gasteiger partial charge in [0.1, 0.15) is 5.82 Å². The summed E-state index contributed by atoms with van der Waals surface area (Å²) in [7, 11) is 0. The van der Waals surface area contributed by atoms with Crippen molar-refractivity contribution >= 4 is 10.9 Å². The predicted molar refractivity (Wildman–Crippen MR) is 87.6 cm³/mol. The van der Waals surface area contributed by atoms with Crippen molar-refractivity contribution in [2.45, 2.75) is 33.4 Å². The second kappa shape index (κ2) is 5.21. The largest absolute Gasteiger partial charge is 0.361 e. The van der Waals surface area contributed by atoms with E-state index in [0.717, 1.165) is 31.9 Å². The van der Waals surface area contributed by atoms with E-state index in [-0.39, 0.29) is 0 Å². The fraction of sp³-hybridized carbons (Fsp3) is 0.333. The molecular weight excluding hydrogens is 272 g/mol. The van der Waals surface area contributed by atoms with Crippen molar-refractivity contribution in [3.8, 4) is 0 Å². The zero-order chi connectivity index (χ0) is 15.1. The van der Waals surface area contributed by atoms with Crippen LogP contribution >= 0.6 is 0 Å². The van der Waals surface area contributed by atoms with E-state index in [4.69, 9.17) is 0 Å². The standard InChI is InChI=1S/C18H20N4/c1-12-3-4-18-16(7-12)14(8-20-18)10-22-6-5-17-15(11-22)9-19-13(2)21-17/h3-4,7-9,20H,5-6,10-11H2,1-2H3. The average Bonchev–Trinajstić information content (AvgIpc) is 2.90. The summed E-state index contributed by atoms with van der Waals surface area (Å²) in [6.07, 6.45) is 5.15. The molecule has 0 aliphatic carbocycles. The summed E-state index contributed by atoms with van der Waals surface area (Å²) in [4.78, 5) is 14.8. The molecule has 0 spiro atoms. The van der Waals surface area contributed by atoms with Gasteiger partial charge < -0.3 is 4.98 Å². The second-order valence-corrected chi connectivity index (χ2v) is 6.21. The van der Waals surface area contributed by atoms with E-state index in [9.17, 15) is 0 Å². The molecule has 3 heterocycles. The number of nitrogens with one attached hydrogen (secondary N) is 1. The van der Waals surface area contributed by atoms with Crippen molar-refractivity contribution < 1.29 is 0 Å². The molecule has 0 amide bonds. The maximum atomic E-state index is 4.56. The number of hydrogen-bond donors (Lipinski definition) is 1. The van der Waals surface area contributed by atoms with Crippen molar-refractivity contribution in [1.82, 2.24) is 19.9 Å². The fourth-order valence-electron chi connectivity index (χ4n) is 3.27. The highest BCUT2D eigenvalue weighted by atomic mass is 15.1. The zero-order valence-corrected chi connectivity index (χ0v) is 13.1. The molecule has 0 saturated heterocycles. The minimum Gasteiger partial charge on any atom is -0.361 e. The van der Waals surface area contributed by atoms with Gasteiger partial charge in [0, 0.05) is 60.6 Å². The van der Waals surface area contributed by atoms with Crippen LogP contribution in [0.1, 0.15) is 28.2 Å². The van der Waals surface area contributed by atoms with Gasteiger partial charge >= 0.3 is 0 Å². The first-order chi connectivity index (χ1) is 10.7. The van der Waals surface area contributed by atoms with E-state index in [1.54, 1.807) is 0 Å². The lowest BCUT2D eigenvalue weighted by Crippen LogP contribution is -2.30. The molecule has 1 aliphatic heterocycles. The van der Waals surface area contributed by atoms with Crippen LogP contribution in [0.5, 0.6) is 0 Å². The van der Waals surface area contributed by atoms with Crippen molar-refractivity contribution in [1.29, 1.82) is 0 Å². The van der Waals surface area contributed by atoms with Gasteiger partial charge in [-0.05, 0) is 31.5 Å². The Bertz CT molecular complexity index is 834. The molecule has 3 aromatic rings. The topological polar surface area (TPSA) is 44.8 Å². The van der Waals surface area contributed by atoms with Crippen molar-refractivity contribution in [2.24, 2.45) is 0 Å². The molecule has 4 rings (SSSR count). The van der Waals surface area contributed by atoms with E-state index in [1.807, 2.05) is 13.1 Å². The Morgan fingerprint density at radius 1 is 1.27 bits per heavy atom. The first-order valence-corrected chi connectivity index (χ1v) is 7.79. The van der Waals surface area contributed by atoms with Crippen LogP contribution in [0.15, 0.2) is 30.6 Å². The summed E-state index contributed by atoms with van der Waals surface area (Å²) < 4.78 is 0. The Morgan fingerprint density at radius 2 is 2.18 bits per heavy atom. The summed E-state index contributed by atoms with van der Waals surface area (Å²) in [5.74, 6) is 0.874. The monoisotopic (exact) mass is 292 g/mol. The summed E-state index contributed by atoms with van der Waals surface area (Å²) in [6.45, 7) is 7.07. The van der Waals surface area contributed by atoms with Crippen LogP contribution < -0.4 is 0 Å². The Labute approximate surface area is 130 Å².